The Morgan fingerprint density at radius 3 is 2.42 bits per heavy atom. The number of benzene rings is 2. The average Bonchev–Trinajstić information content (AvgIpc) is 2.53. The highest BCUT2D eigenvalue weighted by molar-refractivity contribution is 7.95. The smallest absolute Gasteiger partial charge is 0.315 e. The lowest BCUT2D eigenvalue weighted by Crippen LogP contribution is -2.20. The van der Waals surface area contributed by atoms with Crippen LogP contribution in [0.1, 0.15) is 17.3 Å². The van der Waals surface area contributed by atoms with Gasteiger partial charge in [-0.25, -0.2) is 0 Å². The van der Waals surface area contributed by atoms with Crippen LogP contribution in [-0.4, -0.2) is 17.8 Å². The van der Waals surface area contributed by atoms with Gasteiger partial charge in [0.1, 0.15) is 0 Å². The van der Waals surface area contributed by atoms with Crippen molar-refractivity contribution in [3.63, 3.8) is 0 Å². The van der Waals surface area contributed by atoms with Crippen LogP contribution in [0.2, 0.25) is 0 Å². The lowest BCUT2D eigenvalue weighted by molar-refractivity contribution is -0.130. The van der Waals surface area contributed by atoms with E-state index in [-0.39, 0.29) is 17.8 Å². The van der Waals surface area contributed by atoms with Gasteiger partial charge in [0.25, 0.3) is 5.91 Å². The van der Waals surface area contributed by atoms with Gasteiger partial charge in [-0.15, -0.1) is 0 Å². The lowest BCUT2D eigenvalue weighted by atomic mass is 10.2. The van der Waals surface area contributed by atoms with Crippen LogP contribution in [-0.2, 0) is 8.98 Å². The first kappa shape index (κ1) is 17.4. The number of anilines is 2. The van der Waals surface area contributed by atoms with Crippen molar-refractivity contribution in [2.75, 3.05) is 10.6 Å². The molecule has 0 saturated carbocycles. The van der Waals surface area contributed by atoms with E-state index in [2.05, 4.69) is 10.6 Å². The molecule has 0 saturated heterocycles. The fraction of sp³-hybridized carbons (Fsp3) is 0.0625. The fourth-order valence-corrected chi connectivity index (χ4v) is 2.26. The third-order valence-corrected chi connectivity index (χ3v) is 3.55. The Morgan fingerprint density at radius 2 is 1.79 bits per heavy atom. The summed E-state index contributed by atoms with van der Waals surface area (Å²) in [6, 6.07) is 13.5. The summed E-state index contributed by atoms with van der Waals surface area (Å²) < 4.78 is 4.82. The Balaban J connectivity index is 2.01. The first-order valence-electron chi connectivity index (χ1n) is 6.91. The number of carbonyl (C=O) groups excluding carboxylic acids is 2. The molecular weight excluding hydrogens is 328 g/mol. The minimum atomic E-state index is -0.378. The predicted octanol–water partition coefficient (Wildman–Crippen LogP) is 2.81. The molecule has 0 spiro atoms. The normalized spacial score (nSPS) is 9.88. The van der Waals surface area contributed by atoms with Gasteiger partial charge in [0.2, 0.25) is 0 Å². The van der Waals surface area contributed by atoms with Crippen molar-refractivity contribution < 1.29 is 13.8 Å². The van der Waals surface area contributed by atoms with Crippen LogP contribution < -0.4 is 16.4 Å². The number of nitrogens with one attached hydrogen (secondary N) is 3. The Kier molecular flexibility index (Phi) is 5.80. The highest BCUT2D eigenvalue weighted by atomic mass is 32.2. The molecule has 0 radical (unpaired) electrons. The van der Waals surface area contributed by atoms with Crippen molar-refractivity contribution in [1.82, 2.24) is 0 Å². The Hall–Kier alpha value is -3.00. The summed E-state index contributed by atoms with van der Waals surface area (Å²) >= 11 is 0.958. The van der Waals surface area contributed by atoms with Crippen molar-refractivity contribution in [2.24, 2.45) is 5.73 Å². The van der Waals surface area contributed by atoms with E-state index in [4.69, 9.17) is 15.3 Å². The molecule has 2 rings (SSSR count). The summed E-state index contributed by atoms with van der Waals surface area (Å²) in [6.45, 7) is 1.33. The fourth-order valence-electron chi connectivity index (χ4n) is 1.80. The molecule has 0 aliphatic heterocycles. The Morgan fingerprint density at radius 1 is 1.08 bits per heavy atom. The largest absolute Gasteiger partial charge is 0.386 e. The highest BCUT2D eigenvalue weighted by Gasteiger charge is 2.07. The summed E-state index contributed by atoms with van der Waals surface area (Å²) in [7, 11) is 0. The van der Waals surface area contributed by atoms with Crippen LogP contribution in [0.15, 0.2) is 53.4 Å². The van der Waals surface area contributed by atoms with E-state index in [1.807, 2.05) is 0 Å². The third-order valence-electron chi connectivity index (χ3n) is 2.77. The van der Waals surface area contributed by atoms with E-state index in [1.165, 1.54) is 6.92 Å². The zero-order chi connectivity index (χ0) is 17.5. The molecule has 8 heteroatoms. The highest BCUT2D eigenvalue weighted by Crippen LogP contribution is 2.22. The van der Waals surface area contributed by atoms with Crippen molar-refractivity contribution in [1.29, 1.82) is 5.41 Å². The molecule has 0 aliphatic carbocycles. The molecule has 5 N–H and O–H groups in total. The summed E-state index contributed by atoms with van der Waals surface area (Å²) in [5.41, 5.74) is 6.87. The van der Waals surface area contributed by atoms with Gasteiger partial charge >= 0.3 is 5.97 Å². The minimum absolute atomic E-state index is 0.201. The maximum Gasteiger partial charge on any atom is 0.315 e. The third kappa shape index (κ3) is 5.33. The zero-order valence-electron chi connectivity index (χ0n) is 12.8. The van der Waals surface area contributed by atoms with Crippen LogP contribution in [0.25, 0.3) is 0 Å². The minimum Gasteiger partial charge on any atom is -0.386 e. The van der Waals surface area contributed by atoms with Gasteiger partial charge in [-0.05, 0) is 42.5 Å². The van der Waals surface area contributed by atoms with Gasteiger partial charge < -0.3 is 20.6 Å². The van der Waals surface area contributed by atoms with Gasteiger partial charge in [0.15, 0.2) is 5.96 Å². The molecular formula is C16H16N4O3S. The van der Waals surface area contributed by atoms with E-state index in [0.29, 0.717) is 16.9 Å². The molecule has 24 heavy (non-hydrogen) atoms. The predicted molar refractivity (Wildman–Crippen MR) is 94.0 cm³/mol. The molecule has 0 unspecified atom stereocenters. The summed E-state index contributed by atoms with van der Waals surface area (Å²) in [4.78, 5) is 23.8. The van der Waals surface area contributed by atoms with Crippen molar-refractivity contribution >= 4 is 41.3 Å². The van der Waals surface area contributed by atoms with E-state index < -0.39 is 0 Å². The number of amides is 1. The molecule has 0 bridgehead atoms. The Bertz CT molecular complexity index is 762. The number of guanidine groups is 1. The second-order valence-electron chi connectivity index (χ2n) is 4.76. The summed E-state index contributed by atoms with van der Waals surface area (Å²) in [5.74, 6) is -0.868. The zero-order valence-corrected chi connectivity index (χ0v) is 13.6. The van der Waals surface area contributed by atoms with Gasteiger partial charge in [-0.3, -0.25) is 15.0 Å². The van der Waals surface area contributed by atoms with Gasteiger partial charge in [0.05, 0.1) is 12.0 Å². The molecule has 0 fully saturated rings. The van der Waals surface area contributed by atoms with Crippen LogP contribution in [0.4, 0.5) is 11.4 Å². The van der Waals surface area contributed by atoms with Crippen molar-refractivity contribution in [3.8, 4) is 0 Å². The van der Waals surface area contributed by atoms with Crippen LogP contribution >= 0.6 is 12.0 Å². The van der Waals surface area contributed by atoms with E-state index >= 15 is 0 Å². The molecule has 124 valence electrons. The van der Waals surface area contributed by atoms with Crippen molar-refractivity contribution in [2.45, 2.75) is 11.8 Å². The van der Waals surface area contributed by atoms with Gasteiger partial charge in [0, 0.05) is 28.8 Å². The number of hydrogen-bond donors (Lipinski definition) is 4. The molecule has 0 heterocycles. The monoisotopic (exact) mass is 344 g/mol. The van der Waals surface area contributed by atoms with Crippen LogP contribution in [0.5, 0.6) is 0 Å². The van der Waals surface area contributed by atoms with Gasteiger partial charge in [-0.2, -0.15) is 0 Å². The number of hydrogen-bond acceptors (Lipinski definition) is 5. The topological polar surface area (TPSA) is 117 Å². The molecule has 1 amide bonds. The summed E-state index contributed by atoms with van der Waals surface area (Å²) in [6.07, 6.45) is 0. The molecule has 0 aliphatic rings. The van der Waals surface area contributed by atoms with Crippen molar-refractivity contribution in [3.05, 3.63) is 54.1 Å². The number of rotatable bonds is 5. The molecule has 0 aromatic heterocycles. The lowest BCUT2D eigenvalue weighted by Gasteiger charge is -2.08. The average molecular weight is 344 g/mol. The maximum absolute atomic E-state index is 12.3. The van der Waals surface area contributed by atoms with E-state index in [9.17, 15) is 9.59 Å². The first-order chi connectivity index (χ1) is 11.4. The summed E-state index contributed by atoms with van der Waals surface area (Å²) in [5, 5.41) is 12.6. The van der Waals surface area contributed by atoms with Crippen LogP contribution in [0, 0.1) is 5.41 Å². The molecule has 0 atom stereocenters. The Labute approximate surface area is 143 Å². The molecule has 2 aromatic carbocycles. The first-order valence-corrected chi connectivity index (χ1v) is 7.66. The second-order valence-corrected chi connectivity index (χ2v) is 5.56. The second kappa shape index (κ2) is 8.02. The quantitative estimate of drug-likeness (QED) is 0.376. The van der Waals surface area contributed by atoms with Crippen LogP contribution in [0.3, 0.4) is 0 Å². The molecule has 2 aromatic rings. The van der Waals surface area contributed by atoms with E-state index in [1.54, 1.807) is 48.5 Å². The maximum atomic E-state index is 12.3. The van der Waals surface area contributed by atoms with E-state index in [0.717, 1.165) is 16.9 Å². The number of carbonyl (C=O) groups is 2. The number of nitrogens with two attached hydrogens (primary N) is 1. The van der Waals surface area contributed by atoms with Gasteiger partial charge in [-0.1, -0.05) is 6.07 Å². The standard InChI is InChI=1S/C16H16N4O3S/c1-10(21)23-24-14-7-5-12(6-8-14)19-15(22)11-3-2-4-13(9-11)20-16(17)18/h2-9H,1H3,(H,19,22)(H4,17,18,20). The molecule has 7 nitrogen and oxygen atoms in total. The SMILES string of the molecule is CC(=O)OSc1ccc(NC(=O)c2cccc(NC(=N)N)c2)cc1.